The van der Waals surface area contributed by atoms with E-state index in [2.05, 4.69) is 28.5 Å². The second-order valence-corrected chi connectivity index (χ2v) is 5.26. The Hall–Kier alpha value is -3.08. The van der Waals surface area contributed by atoms with Crippen LogP contribution >= 0.6 is 0 Å². The molecule has 2 aromatic carbocycles. The molecule has 1 aromatic heterocycles. The molecule has 0 bridgehead atoms. The lowest BCUT2D eigenvalue weighted by Gasteiger charge is -2.00. The van der Waals surface area contributed by atoms with E-state index in [4.69, 9.17) is 5.73 Å². The first-order chi connectivity index (χ1) is 11.2. The van der Waals surface area contributed by atoms with E-state index in [1.165, 1.54) is 5.56 Å². The average Bonchev–Trinajstić information content (AvgIpc) is 2.98. The Kier molecular flexibility index (Phi) is 4.10. The monoisotopic (exact) mass is 306 g/mol. The molecule has 1 amide bonds. The van der Waals surface area contributed by atoms with Gasteiger partial charge in [-0.3, -0.25) is 4.79 Å². The van der Waals surface area contributed by atoms with Crippen LogP contribution in [0.2, 0.25) is 0 Å². The fourth-order valence-electron chi connectivity index (χ4n) is 2.50. The number of fused-ring (bicyclic) bond motifs is 1. The second kappa shape index (κ2) is 6.36. The van der Waals surface area contributed by atoms with Crippen LogP contribution in [0.25, 0.3) is 10.9 Å². The van der Waals surface area contributed by atoms with Gasteiger partial charge >= 0.3 is 0 Å². The third-order valence-corrected chi connectivity index (χ3v) is 3.76. The minimum atomic E-state index is -0.268. The highest BCUT2D eigenvalue weighted by Gasteiger charge is 2.06. The number of nitrogens with two attached hydrogens (primary N) is 1. The zero-order chi connectivity index (χ0) is 16.2. The van der Waals surface area contributed by atoms with E-state index in [1.807, 2.05) is 18.3 Å². The van der Waals surface area contributed by atoms with E-state index in [9.17, 15) is 4.79 Å². The molecule has 5 heteroatoms. The quantitative estimate of drug-likeness (QED) is 0.393. The van der Waals surface area contributed by atoms with Crippen molar-refractivity contribution in [2.45, 2.75) is 13.3 Å². The summed E-state index contributed by atoms with van der Waals surface area (Å²) in [6, 6.07) is 12.9. The van der Waals surface area contributed by atoms with Crippen LogP contribution in [-0.2, 0) is 6.42 Å². The molecule has 0 atom stereocenters. The predicted molar refractivity (Wildman–Crippen MR) is 93.6 cm³/mol. The molecule has 0 saturated heterocycles. The van der Waals surface area contributed by atoms with Gasteiger partial charge in [-0.05, 0) is 36.2 Å². The number of rotatable bonds is 4. The largest absolute Gasteiger partial charge is 0.399 e. The normalized spacial score (nSPS) is 11.2. The summed E-state index contributed by atoms with van der Waals surface area (Å²) in [5.41, 5.74) is 12.6. The minimum absolute atomic E-state index is 0.268. The van der Waals surface area contributed by atoms with Crippen molar-refractivity contribution in [3.05, 3.63) is 65.4 Å². The number of nitrogen functional groups attached to an aromatic ring is 1. The molecular formula is C18H18N4O. The Bertz CT molecular complexity index is 862. The summed E-state index contributed by atoms with van der Waals surface area (Å²) < 4.78 is 0. The van der Waals surface area contributed by atoms with Gasteiger partial charge in [0, 0.05) is 33.9 Å². The number of nitrogens with one attached hydrogen (secondary N) is 2. The fraction of sp³-hybridized carbons (Fsp3) is 0.111. The number of anilines is 1. The molecule has 0 aliphatic carbocycles. The summed E-state index contributed by atoms with van der Waals surface area (Å²) in [4.78, 5) is 15.2. The number of hydrogen-bond donors (Lipinski definition) is 3. The maximum atomic E-state index is 12.0. The molecule has 0 aliphatic rings. The lowest BCUT2D eigenvalue weighted by atomic mass is 10.1. The second-order valence-electron chi connectivity index (χ2n) is 5.26. The summed E-state index contributed by atoms with van der Waals surface area (Å²) in [6.45, 7) is 2.12. The van der Waals surface area contributed by atoms with Gasteiger partial charge < -0.3 is 10.7 Å². The molecular weight excluding hydrogens is 288 g/mol. The summed E-state index contributed by atoms with van der Waals surface area (Å²) in [7, 11) is 0. The molecule has 116 valence electrons. The van der Waals surface area contributed by atoms with Crippen molar-refractivity contribution < 1.29 is 4.79 Å². The van der Waals surface area contributed by atoms with Crippen molar-refractivity contribution in [2.24, 2.45) is 5.10 Å². The number of nitrogens with zero attached hydrogens (tertiary/aromatic N) is 1. The van der Waals surface area contributed by atoms with Crippen molar-refractivity contribution in [3.8, 4) is 0 Å². The minimum Gasteiger partial charge on any atom is -0.399 e. The summed E-state index contributed by atoms with van der Waals surface area (Å²) in [5, 5.41) is 5.13. The van der Waals surface area contributed by atoms with Crippen LogP contribution < -0.4 is 11.2 Å². The summed E-state index contributed by atoms with van der Waals surface area (Å²) >= 11 is 0. The van der Waals surface area contributed by atoms with Gasteiger partial charge in [0.25, 0.3) is 5.91 Å². The van der Waals surface area contributed by atoms with E-state index in [-0.39, 0.29) is 5.91 Å². The molecule has 4 N–H and O–H groups in total. The fourth-order valence-corrected chi connectivity index (χ4v) is 2.50. The number of H-pyrrole nitrogens is 1. The third kappa shape index (κ3) is 3.08. The highest BCUT2D eigenvalue weighted by Crippen LogP contribution is 2.20. The number of aromatic nitrogens is 1. The zero-order valence-electron chi connectivity index (χ0n) is 12.8. The van der Waals surface area contributed by atoms with E-state index < -0.39 is 0 Å². The number of amides is 1. The number of hydrazone groups is 1. The molecule has 0 radical (unpaired) electrons. The number of carbonyl (C=O) groups is 1. The number of carbonyl (C=O) groups excluding carboxylic acids is 1. The molecule has 1 heterocycles. The average molecular weight is 306 g/mol. The molecule has 23 heavy (non-hydrogen) atoms. The van der Waals surface area contributed by atoms with Crippen molar-refractivity contribution in [3.63, 3.8) is 0 Å². The van der Waals surface area contributed by atoms with Gasteiger partial charge in [0.05, 0.1) is 6.21 Å². The third-order valence-electron chi connectivity index (χ3n) is 3.76. The first-order valence-corrected chi connectivity index (χ1v) is 7.47. The highest BCUT2D eigenvalue weighted by atomic mass is 16.2. The lowest BCUT2D eigenvalue weighted by Crippen LogP contribution is -2.17. The highest BCUT2D eigenvalue weighted by molar-refractivity contribution is 6.01. The number of benzene rings is 2. The van der Waals surface area contributed by atoms with Gasteiger partial charge in [0.1, 0.15) is 0 Å². The van der Waals surface area contributed by atoms with Crippen molar-refractivity contribution in [1.29, 1.82) is 0 Å². The van der Waals surface area contributed by atoms with E-state index in [1.54, 1.807) is 30.5 Å². The van der Waals surface area contributed by atoms with Crippen LogP contribution in [0, 0.1) is 0 Å². The van der Waals surface area contributed by atoms with Crippen molar-refractivity contribution in [2.75, 3.05) is 5.73 Å². The van der Waals surface area contributed by atoms with Crippen LogP contribution in [0.3, 0.4) is 0 Å². The topological polar surface area (TPSA) is 83.3 Å². The van der Waals surface area contributed by atoms with Gasteiger partial charge in [-0.2, -0.15) is 5.10 Å². The maximum absolute atomic E-state index is 12.0. The molecule has 0 spiro atoms. The van der Waals surface area contributed by atoms with Crippen molar-refractivity contribution in [1.82, 2.24) is 10.4 Å². The molecule has 5 nitrogen and oxygen atoms in total. The van der Waals surface area contributed by atoms with E-state index in [0.717, 1.165) is 22.9 Å². The number of para-hydroxylation sites is 1. The Labute approximate surface area is 134 Å². The predicted octanol–water partition coefficient (Wildman–Crippen LogP) is 3.08. The van der Waals surface area contributed by atoms with E-state index in [0.29, 0.717) is 11.3 Å². The van der Waals surface area contributed by atoms with Gasteiger partial charge in [0.15, 0.2) is 0 Å². The van der Waals surface area contributed by atoms with Gasteiger partial charge in [0.2, 0.25) is 0 Å². The maximum Gasteiger partial charge on any atom is 0.271 e. The number of aromatic amines is 1. The van der Waals surface area contributed by atoms with Gasteiger partial charge in [-0.25, -0.2) is 5.43 Å². The Morgan fingerprint density at radius 3 is 2.78 bits per heavy atom. The van der Waals surface area contributed by atoms with Crippen molar-refractivity contribution >= 4 is 28.7 Å². The van der Waals surface area contributed by atoms with Crippen LogP contribution in [0.15, 0.2) is 53.8 Å². The zero-order valence-corrected chi connectivity index (χ0v) is 12.8. The SMILES string of the molecule is CCc1cccc2c(/C=N/NC(=O)c3ccc(N)cc3)c[nH]c12. The smallest absolute Gasteiger partial charge is 0.271 e. The number of aryl methyl sites for hydroxylation is 1. The van der Waals surface area contributed by atoms with E-state index >= 15 is 0 Å². The Morgan fingerprint density at radius 2 is 2.04 bits per heavy atom. The first kappa shape index (κ1) is 14.8. The van der Waals surface area contributed by atoms with Crippen LogP contribution in [0.4, 0.5) is 5.69 Å². The molecule has 0 saturated carbocycles. The lowest BCUT2D eigenvalue weighted by molar-refractivity contribution is 0.0955. The number of hydrogen-bond acceptors (Lipinski definition) is 3. The Balaban J connectivity index is 1.76. The van der Waals surface area contributed by atoms with Crippen LogP contribution in [-0.4, -0.2) is 17.1 Å². The van der Waals surface area contributed by atoms with Crippen LogP contribution in [0.5, 0.6) is 0 Å². The molecule has 0 aliphatic heterocycles. The standard InChI is InChI=1S/C18H18N4O/c1-2-12-4-3-5-16-14(10-20-17(12)16)11-21-22-18(23)13-6-8-15(19)9-7-13/h3-11,20H,2,19H2,1H3,(H,22,23)/b21-11+. The molecule has 0 fully saturated rings. The first-order valence-electron chi connectivity index (χ1n) is 7.47. The summed E-state index contributed by atoms with van der Waals surface area (Å²) in [6.07, 6.45) is 4.50. The molecule has 3 rings (SSSR count). The molecule has 0 unspecified atom stereocenters. The van der Waals surface area contributed by atoms with Crippen LogP contribution in [0.1, 0.15) is 28.4 Å². The van der Waals surface area contributed by atoms with Gasteiger partial charge in [-0.1, -0.05) is 25.1 Å². The summed E-state index contributed by atoms with van der Waals surface area (Å²) in [5.74, 6) is -0.268. The Morgan fingerprint density at radius 1 is 1.26 bits per heavy atom. The molecule has 3 aromatic rings. The van der Waals surface area contributed by atoms with Gasteiger partial charge in [-0.15, -0.1) is 0 Å².